The average Bonchev–Trinajstić information content (AvgIpc) is 2.97. The number of benzene rings is 3. The second kappa shape index (κ2) is 4.72. The van der Waals surface area contributed by atoms with E-state index in [2.05, 4.69) is 29.2 Å². The predicted octanol–water partition coefficient (Wildman–Crippen LogP) is 4.14. The molecule has 0 saturated heterocycles. The van der Waals surface area contributed by atoms with Crippen LogP contribution in [0.3, 0.4) is 0 Å². The molecule has 0 spiro atoms. The van der Waals surface area contributed by atoms with Crippen molar-refractivity contribution in [2.24, 2.45) is 0 Å². The Bertz CT molecular complexity index is 940. The van der Waals surface area contributed by atoms with Crippen LogP contribution in [0.4, 0.5) is 0 Å². The zero-order chi connectivity index (χ0) is 14.2. The first-order valence-electron chi connectivity index (χ1n) is 6.83. The fraction of sp³-hybridized carbons (Fsp3) is 0.0556. The van der Waals surface area contributed by atoms with Crippen LogP contribution in [0.25, 0.3) is 33.3 Å². The van der Waals surface area contributed by atoms with E-state index in [1.807, 2.05) is 36.4 Å². The molecular weight excluding hydrogens is 262 g/mol. The SMILES string of the molecule is OCc1ccc2nc(-c3ccc4ccccc4c3)oc2c1. The first-order chi connectivity index (χ1) is 10.3. The normalized spacial score (nSPS) is 11.3. The van der Waals surface area contributed by atoms with Gasteiger partial charge in [0.15, 0.2) is 5.58 Å². The first kappa shape index (κ1) is 12.1. The number of aromatic nitrogens is 1. The van der Waals surface area contributed by atoms with Gasteiger partial charge in [0, 0.05) is 5.56 Å². The average molecular weight is 275 g/mol. The quantitative estimate of drug-likeness (QED) is 0.598. The number of hydrogen-bond acceptors (Lipinski definition) is 3. The minimum absolute atomic E-state index is 0.00193. The van der Waals surface area contributed by atoms with Gasteiger partial charge in [-0.05, 0) is 40.6 Å². The topological polar surface area (TPSA) is 46.3 Å². The lowest BCUT2D eigenvalue weighted by atomic mass is 10.1. The Morgan fingerprint density at radius 3 is 2.62 bits per heavy atom. The molecular formula is C18H13NO2. The summed E-state index contributed by atoms with van der Waals surface area (Å²) in [7, 11) is 0. The van der Waals surface area contributed by atoms with Gasteiger partial charge in [-0.2, -0.15) is 0 Å². The lowest BCUT2D eigenvalue weighted by Crippen LogP contribution is -1.80. The molecule has 0 bridgehead atoms. The molecule has 3 heteroatoms. The summed E-state index contributed by atoms with van der Waals surface area (Å²) < 4.78 is 5.82. The maximum absolute atomic E-state index is 9.18. The van der Waals surface area contributed by atoms with Gasteiger partial charge in [0.25, 0.3) is 0 Å². The van der Waals surface area contributed by atoms with Crippen LogP contribution in [0.2, 0.25) is 0 Å². The van der Waals surface area contributed by atoms with E-state index in [1.54, 1.807) is 0 Å². The zero-order valence-corrected chi connectivity index (χ0v) is 11.3. The van der Waals surface area contributed by atoms with Gasteiger partial charge in [0.1, 0.15) is 5.52 Å². The number of hydrogen-bond donors (Lipinski definition) is 1. The summed E-state index contributed by atoms with van der Waals surface area (Å²) in [5.41, 5.74) is 3.28. The van der Waals surface area contributed by atoms with Crippen molar-refractivity contribution < 1.29 is 9.52 Å². The van der Waals surface area contributed by atoms with E-state index < -0.39 is 0 Å². The molecule has 4 aromatic rings. The summed E-state index contributed by atoms with van der Waals surface area (Å²) in [5.74, 6) is 0.603. The molecule has 0 saturated carbocycles. The van der Waals surface area contributed by atoms with E-state index in [1.165, 1.54) is 5.39 Å². The van der Waals surface area contributed by atoms with Crippen molar-refractivity contribution in [3.63, 3.8) is 0 Å². The van der Waals surface area contributed by atoms with Crippen molar-refractivity contribution in [2.45, 2.75) is 6.61 Å². The van der Waals surface area contributed by atoms with Crippen molar-refractivity contribution in [2.75, 3.05) is 0 Å². The zero-order valence-electron chi connectivity index (χ0n) is 11.3. The maximum atomic E-state index is 9.18. The predicted molar refractivity (Wildman–Crippen MR) is 82.9 cm³/mol. The molecule has 4 rings (SSSR count). The molecule has 102 valence electrons. The van der Waals surface area contributed by atoms with Crippen molar-refractivity contribution >= 4 is 21.9 Å². The highest BCUT2D eigenvalue weighted by Gasteiger charge is 2.09. The fourth-order valence-electron chi connectivity index (χ4n) is 2.51. The van der Waals surface area contributed by atoms with Crippen molar-refractivity contribution in [1.29, 1.82) is 0 Å². The third kappa shape index (κ3) is 2.08. The van der Waals surface area contributed by atoms with E-state index in [4.69, 9.17) is 4.42 Å². The summed E-state index contributed by atoms with van der Waals surface area (Å²) in [6.45, 7) is 0.00193. The van der Waals surface area contributed by atoms with Crippen LogP contribution in [-0.4, -0.2) is 10.1 Å². The molecule has 21 heavy (non-hydrogen) atoms. The Kier molecular flexibility index (Phi) is 2.72. The summed E-state index contributed by atoms with van der Waals surface area (Å²) in [4.78, 5) is 4.52. The molecule has 3 nitrogen and oxygen atoms in total. The Morgan fingerprint density at radius 2 is 1.76 bits per heavy atom. The summed E-state index contributed by atoms with van der Waals surface area (Å²) in [6, 6.07) is 19.9. The second-order valence-corrected chi connectivity index (χ2v) is 5.04. The van der Waals surface area contributed by atoms with Crippen LogP contribution in [0, 0.1) is 0 Å². The smallest absolute Gasteiger partial charge is 0.227 e. The number of oxazole rings is 1. The Balaban J connectivity index is 1.87. The molecule has 0 aliphatic heterocycles. The lowest BCUT2D eigenvalue weighted by molar-refractivity contribution is 0.282. The maximum Gasteiger partial charge on any atom is 0.227 e. The monoisotopic (exact) mass is 275 g/mol. The molecule has 3 aromatic carbocycles. The van der Waals surface area contributed by atoms with E-state index in [0.29, 0.717) is 11.5 Å². The minimum Gasteiger partial charge on any atom is -0.436 e. The Morgan fingerprint density at radius 1 is 0.905 bits per heavy atom. The van der Waals surface area contributed by atoms with E-state index in [-0.39, 0.29) is 6.61 Å². The highest BCUT2D eigenvalue weighted by Crippen LogP contribution is 2.27. The lowest BCUT2D eigenvalue weighted by Gasteiger charge is -1.99. The molecule has 0 atom stereocenters. The van der Waals surface area contributed by atoms with Crippen LogP contribution in [0.1, 0.15) is 5.56 Å². The number of rotatable bonds is 2. The molecule has 1 heterocycles. The van der Waals surface area contributed by atoms with E-state index >= 15 is 0 Å². The van der Waals surface area contributed by atoms with Crippen molar-refractivity contribution in [3.05, 3.63) is 66.2 Å². The van der Waals surface area contributed by atoms with Gasteiger partial charge >= 0.3 is 0 Å². The molecule has 0 fully saturated rings. The summed E-state index contributed by atoms with van der Waals surface area (Å²) in [5, 5.41) is 11.5. The largest absolute Gasteiger partial charge is 0.436 e. The van der Waals surface area contributed by atoms with Crippen LogP contribution in [0.5, 0.6) is 0 Å². The first-order valence-corrected chi connectivity index (χ1v) is 6.83. The number of fused-ring (bicyclic) bond motifs is 2. The highest BCUT2D eigenvalue weighted by atomic mass is 16.3. The molecule has 0 radical (unpaired) electrons. The van der Waals surface area contributed by atoms with Gasteiger partial charge in [-0.1, -0.05) is 36.4 Å². The summed E-state index contributed by atoms with van der Waals surface area (Å²) in [6.07, 6.45) is 0. The number of aliphatic hydroxyl groups excluding tert-OH is 1. The van der Waals surface area contributed by atoms with Crippen LogP contribution >= 0.6 is 0 Å². The summed E-state index contributed by atoms with van der Waals surface area (Å²) >= 11 is 0. The van der Waals surface area contributed by atoms with Crippen molar-refractivity contribution in [3.8, 4) is 11.5 Å². The standard InChI is InChI=1S/C18H13NO2/c20-11-12-5-8-16-17(9-12)21-18(19-16)15-7-6-13-3-1-2-4-14(13)10-15/h1-10,20H,11H2. The molecule has 0 aliphatic rings. The van der Waals surface area contributed by atoms with E-state index in [9.17, 15) is 5.11 Å². The Labute approximate surface area is 121 Å². The van der Waals surface area contributed by atoms with Gasteiger partial charge in [-0.25, -0.2) is 4.98 Å². The van der Waals surface area contributed by atoms with Gasteiger partial charge in [-0.15, -0.1) is 0 Å². The molecule has 0 amide bonds. The van der Waals surface area contributed by atoms with Crippen LogP contribution in [-0.2, 0) is 6.61 Å². The third-order valence-electron chi connectivity index (χ3n) is 3.63. The van der Waals surface area contributed by atoms with Crippen LogP contribution < -0.4 is 0 Å². The molecule has 0 aliphatic carbocycles. The molecule has 1 aromatic heterocycles. The molecule has 1 N–H and O–H groups in total. The number of nitrogens with zero attached hydrogens (tertiary/aromatic N) is 1. The second-order valence-electron chi connectivity index (χ2n) is 5.04. The minimum atomic E-state index is 0.00193. The van der Waals surface area contributed by atoms with Crippen molar-refractivity contribution in [1.82, 2.24) is 4.98 Å². The van der Waals surface area contributed by atoms with E-state index in [0.717, 1.165) is 22.0 Å². The molecule has 0 unspecified atom stereocenters. The highest BCUT2D eigenvalue weighted by molar-refractivity contribution is 5.87. The number of aliphatic hydroxyl groups is 1. The third-order valence-corrected chi connectivity index (χ3v) is 3.63. The Hall–Kier alpha value is -2.65. The van der Waals surface area contributed by atoms with Crippen LogP contribution in [0.15, 0.2) is 65.1 Å². The van der Waals surface area contributed by atoms with Gasteiger partial charge in [0.2, 0.25) is 5.89 Å². The van der Waals surface area contributed by atoms with Gasteiger partial charge in [-0.3, -0.25) is 0 Å². The van der Waals surface area contributed by atoms with Gasteiger partial charge in [0.05, 0.1) is 6.61 Å². The van der Waals surface area contributed by atoms with Gasteiger partial charge < -0.3 is 9.52 Å². The fourth-order valence-corrected chi connectivity index (χ4v) is 2.51.